The molecule has 0 unspecified atom stereocenters. The van der Waals surface area contributed by atoms with Crippen molar-refractivity contribution in [3.8, 4) is 0 Å². The van der Waals surface area contributed by atoms with Gasteiger partial charge in [-0.25, -0.2) is 0 Å². The van der Waals surface area contributed by atoms with Gasteiger partial charge in [-0.1, -0.05) is 52.0 Å². The normalized spacial score (nSPS) is 19.5. The third kappa shape index (κ3) is 4.98. The van der Waals surface area contributed by atoms with Gasteiger partial charge in [0.05, 0.1) is 0 Å². The van der Waals surface area contributed by atoms with E-state index < -0.39 is 0 Å². The summed E-state index contributed by atoms with van der Waals surface area (Å²) in [5.41, 5.74) is 1.48. The Balaban J connectivity index is 2.81. The fourth-order valence-electron chi connectivity index (χ4n) is 1.26. The first kappa shape index (κ1) is 13.0. The van der Waals surface area contributed by atoms with Crippen LogP contribution >= 0.6 is 23.5 Å². The van der Waals surface area contributed by atoms with Gasteiger partial charge in [-0.15, -0.1) is 23.5 Å². The van der Waals surface area contributed by atoms with Gasteiger partial charge >= 0.3 is 0 Å². The molecular weight excluding hydrogens is 220 g/mol. The highest BCUT2D eigenvalue weighted by Gasteiger charge is 2.16. The minimum Gasteiger partial charge on any atom is -0.119 e. The molecule has 0 aromatic heterocycles. The zero-order valence-electron chi connectivity index (χ0n) is 10.0. The first-order chi connectivity index (χ1) is 7.03. The van der Waals surface area contributed by atoms with Crippen molar-refractivity contribution >= 4 is 23.5 Å². The molecule has 0 N–H and O–H groups in total. The van der Waals surface area contributed by atoms with E-state index in [2.05, 4.69) is 52.0 Å². The van der Waals surface area contributed by atoms with Crippen LogP contribution in [0.2, 0.25) is 0 Å². The van der Waals surface area contributed by atoms with Gasteiger partial charge < -0.3 is 0 Å². The lowest BCUT2D eigenvalue weighted by atomic mass is 10.1. The second kappa shape index (κ2) is 5.86. The fourth-order valence-corrected chi connectivity index (χ4v) is 4.04. The summed E-state index contributed by atoms with van der Waals surface area (Å²) in [5, 5.41) is 0. The standard InChI is InChI=1S/C13H20S2/c1-5-14-12(15-13(2,3)4)11-9-7-6-8-10-11/h6-9H,5,10H2,1-4H3/b12-11-. The van der Waals surface area contributed by atoms with E-state index in [9.17, 15) is 0 Å². The Morgan fingerprint density at radius 1 is 1.33 bits per heavy atom. The van der Waals surface area contributed by atoms with Crippen LogP contribution in [-0.4, -0.2) is 10.5 Å². The average Bonchev–Trinajstić information content (AvgIpc) is 2.17. The van der Waals surface area contributed by atoms with Gasteiger partial charge in [0, 0.05) is 8.98 Å². The van der Waals surface area contributed by atoms with Crippen molar-refractivity contribution in [3.05, 3.63) is 34.1 Å². The van der Waals surface area contributed by atoms with Crippen LogP contribution in [0.3, 0.4) is 0 Å². The molecule has 0 fully saturated rings. The van der Waals surface area contributed by atoms with E-state index in [0.29, 0.717) is 4.75 Å². The molecule has 1 aliphatic carbocycles. The van der Waals surface area contributed by atoms with E-state index >= 15 is 0 Å². The molecule has 1 aliphatic rings. The van der Waals surface area contributed by atoms with Crippen LogP contribution in [-0.2, 0) is 0 Å². The molecule has 0 radical (unpaired) electrons. The molecule has 0 saturated heterocycles. The molecule has 1 rings (SSSR count). The van der Waals surface area contributed by atoms with Crippen molar-refractivity contribution in [1.29, 1.82) is 0 Å². The molecule has 0 aliphatic heterocycles. The van der Waals surface area contributed by atoms with Crippen LogP contribution in [0, 0.1) is 0 Å². The molecule has 0 aromatic rings. The van der Waals surface area contributed by atoms with Crippen LogP contribution in [0.4, 0.5) is 0 Å². The van der Waals surface area contributed by atoms with E-state index in [4.69, 9.17) is 0 Å². The predicted molar refractivity (Wildman–Crippen MR) is 75.4 cm³/mol. The molecule has 2 heteroatoms. The van der Waals surface area contributed by atoms with Gasteiger partial charge in [-0.05, 0) is 17.7 Å². The van der Waals surface area contributed by atoms with Crippen LogP contribution in [0.1, 0.15) is 34.1 Å². The Hall–Kier alpha value is -0.0800. The van der Waals surface area contributed by atoms with Crippen LogP contribution in [0.5, 0.6) is 0 Å². The number of hydrogen-bond acceptors (Lipinski definition) is 2. The molecule has 0 heterocycles. The van der Waals surface area contributed by atoms with Crippen LogP contribution in [0.25, 0.3) is 0 Å². The number of hydrogen-bond donors (Lipinski definition) is 0. The van der Waals surface area contributed by atoms with Crippen molar-refractivity contribution in [1.82, 2.24) is 0 Å². The maximum atomic E-state index is 2.27. The molecule has 0 aromatic carbocycles. The number of allylic oxidation sites excluding steroid dienone is 5. The van der Waals surface area contributed by atoms with E-state index in [-0.39, 0.29) is 0 Å². The quantitative estimate of drug-likeness (QED) is 0.681. The molecular formula is C13H20S2. The van der Waals surface area contributed by atoms with Crippen molar-refractivity contribution in [3.63, 3.8) is 0 Å². The largest absolute Gasteiger partial charge is 0.119 e. The van der Waals surface area contributed by atoms with Crippen LogP contribution in [0.15, 0.2) is 34.1 Å². The first-order valence-corrected chi connectivity index (χ1v) is 7.21. The molecule has 0 nitrogen and oxygen atoms in total. The Morgan fingerprint density at radius 2 is 2.07 bits per heavy atom. The van der Waals surface area contributed by atoms with E-state index in [1.54, 1.807) is 0 Å². The highest BCUT2D eigenvalue weighted by atomic mass is 32.2. The van der Waals surface area contributed by atoms with Gasteiger partial charge in [0.2, 0.25) is 0 Å². The summed E-state index contributed by atoms with van der Waals surface area (Å²) in [5.74, 6) is 1.15. The smallest absolute Gasteiger partial charge is 0.0441 e. The van der Waals surface area contributed by atoms with Crippen LogP contribution < -0.4 is 0 Å². The van der Waals surface area contributed by atoms with Gasteiger partial charge in [0.15, 0.2) is 0 Å². The molecule has 84 valence electrons. The second-order valence-electron chi connectivity index (χ2n) is 4.45. The predicted octanol–water partition coefficient (Wildman–Crippen LogP) is 5.00. The van der Waals surface area contributed by atoms with Gasteiger partial charge in [-0.3, -0.25) is 0 Å². The van der Waals surface area contributed by atoms with E-state index in [1.165, 1.54) is 9.81 Å². The molecule has 0 amide bonds. The Labute approximate surface area is 102 Å². The Bertz CT molecular complexity index is 290. The molecule has 0 bridgehead atoms. The Morgan fingerprint density at radius 3 is 2.53 bits per heavy atom. The lowest BCUT2D eigenvalue weighted by molar-refractivity contribution is 0.807. The lowest BCUT2D eigenvalue weighted by Gasteiger charge is -2.21. The minimum absolute atomic E-state index is 0.305. The van der Waals surface area contributed by atoms with Crippen molar-refractivity contribution in [2.45, 2.75) is 38.9 Å². The summed E-state index contributed by atoms with van der Waals surface area (Å²) in [6.45, 7) is 9.04. The summed E-state index contributed by atoms with van der Waals surface area (Å²) in [6.07, 6.45) is 9.82. The Kier molecular flexibility index (Phi) is 5.07. The summed E-state index contributed by atoms with van der Waals surface area (Å²) < 4.78 is 1.80. The number of thioether (sulfide) groups is 2. The first-order valence-electron chi connectivity index (χ1n) is 5.41. The fraction of sp³-hybridized carbons (Fsp3) is 0.538. The highest BCUT2D eigenvalue weighted by Crippen LogP contribution is 2.41. The molecule has 0 spiro atoms. The third-order valence-corrected chi connectivity index (χ3v) is 4.30. The summed E-state index contributed by atoms with van der Waals surface area (Å²) in [6, 6.07) is 0. The van der Waals surface area contributed by atoms with Gasteiger partial charge in [0.1, 0.15) is 0 Å². The minimum atomic E-state index is 0.305. The summed E-state index contributed by atoms with van der Waals surface area (Å²) >= 11 is 3.96. The molecule has 0 atom stereocenters. The maximum absolute atomic E-state index is 2.27. The van der Waals surface area contributed by atoms with E-state index in [1.807, 2.05) is 23.5 Å². The highest BCUT2D eigenvalue weighted by molar-refractivity contribution is 8.22. The average molecular weight is 240 g/mol. The monoisotopic (exact) mass is 240 g/mol. The second-order valence-corrected chi connectivity index (χ2v) is 7.82. The molecule has 15 heavy (non-hydrogen) atoms. The van der Waals surface area contributed by atoms with E-state index in [0.717, 1.165) is 12.2 Å². The SMILES string of the molecule is CCS/C(SC(C)(C)C)=C1\C=CC=CC1. The lowest BCUT2D eigenvalue weighted by Crippen LogP contribution is -2.07. The number of rotatable bonds is 3. The van der Waals surface area contributed by atoms with Crippen molar-refractivity contribution in [2.24, 2.45) is 0 Å². The summed E-state index contributed by atoms with van der Waals surface area (Å²) in [4.78, 5) is 0. The van der Waals surface area contributed by atoms with Gasteiger partial charge in [-0.2, -0.15) is 0 Å². The summed E-state index contributed by atoms with van der Waals surface area (Å²) in [7, 11) is 0. The zero-order valence-corrected chi connectivity index (χ0v) is 11.7. The molecule has 0 saturated carbocycles. The van der Waals surface area contributed by atoms with Crippen molar-refractivity contribution < 1.29 is 0 Å². The van der Waals surface area contributed by atoms with Crippen molar-refractivity contribution in [2.75, 3.05) is 5.75 Å². The topological polar surface area (TPSA) is 0 Å². The third-order valence-electron chi connectivity index (χ3n) is 1.82. The maximum Gasteiger partial charge on any atom is 0.0441 e. The zero-order chi connectivity index (χ0) is 11.3. The van der Waals surface area contributed by atoms with Gasteiger partial charge in [0.25, 0.3) is 0 Å².